The zero-order valence-corrected chi connectivity index (χ0v) is 14.9. The first-order chi connectivity index (χ1) is 7.77. The third kappa shape index (κ3) is 6.50. The summed E-state index contributed by atoms with van der Waals surface area (Å²) in [4.78, 5) is 0. The number of allylic oxidation sites excluding steroid dienone is 4. The van der Waals surface area contributed by atoms with Gasteiger partial charge in [0.25, 0.3) is 0 Å². The maximum atomic E-state index is 5.34. The van der Waals surface area contributed by atoms with Gasteiger partial charge in [-0.2, -0.15) is 0 Å². The molecule has 1 aliphatic carbocycles. The Morgan fingerprint density at radius 3 is 2.12 bits per heavy atom. The van der Waals surface area contributed by atoms with Crippen molar-refractivity contribution in [3.8, 4) is 0 Å². The monoisotopic (exact) mass is 390 g/mol. The van der Waals surface area contributed by atoms with E-state index in [1.807, 2.05) is 12.1 Å². The van der Waals surface area contributed by atoms with Gasteiger partial charge in [0.05, 0.1) is 6.26 Å². The van der Waals surface area contributed by atoms with Gasteiger partial charge in [0.2, 0.25) is 0 Å². The molecule has 0 unspecified atom stereocenters. The number of hydrogen-bond acceptors (Lipinski definition) is 1. The fourth-order valence-electron chi connectivity index (χ4n) is 1.66. The Morgan fingerprint density at radius 2 is 1.76 bits per heavy atom. The second kappa shape index (κ2) is 6.82. The van der Waals surface area contributed by atoms with Crippen LogP contribution in [0.1, 0.15) is 26.0 Å². The third-order valence-electron chi connectivity index (χ3n) is 2.21. The summed E-state index contributed by atoms with van der Waals surface area (Å²) in [6.07, 6.45) is 4.99. The van der Waals surface area contributed by atoms with Crippen LogP contribution in [-0.2, 0) is 15.5 Å². The van der Waals surface area contributed by atoms with Crippen molar-refractivity contribution in [2.45, 2.75) is 20.3 Å². The van der Waals surface area contributed by atoms with E-state index in [0.717, 1.165) is 12.2 Å². The van der Waals surface area contributed by atoms with Crippen LogP contribution in [0.4, 0.5) is 0 Å². The number of hydrogen-bond donors (Lipinski definition) is 0. The van der Waals surface area contributed by atoms with Gasteiger partial charge >= 0.3 is 49.5 Å². The van der Waals surface area contributed by atoms with E-state index in [1.165, 1.54) is 16.7 Å². The quantitative estimate of drug-likeness (QED) is 0.557. The molecule has 0 amide bonds. The number of furan rings is 1. The fourth-order valence-corrected chi connectivity index (χ4v) is 1.66. The summed E-state index contributed by atoms with van der Waals surface area (Å²) >= 11 is -3.29. The molecule has 0 fully saturated rings. The van der Waals surface area contributed by atoms with Crippen LogP contribution >= 0.6 is 34.1 Å². The molecule has 0 bridgehead atoms. The molecule has 0 aliphatic heterocycles. The average molecular weight is 393 g/mol. The molecule has 2 rings (SSSR count). The molecule has 0 atom stereocenters. The summed E-state index contributed by atoms with van der Waals surface area (Å²) in [5.41, 5.74) is 4.08. The zero-order valence-electron chi connectivity index (χ0n) is 9.44. The molecular formula is C11H12Cl4OZr. The first-order valence-corrected chi connectivity index (χ1v) is 17.6. The molecule has 1 aromatic rings. The van der Waals surface area contributed by atoms with Crippen LogP contribution in [0, 0.1) is 0 Å². The van der Waals surface area contributed by atoms with Crippen molar-refractivity contribution in [1.29, 1.82) is 0 Å². The molecule has 94 valence electrons. The molecule has 1 aromatic heterocycles. The zero-order chi connectivity index (χ0) is 13.1. The Balaban J connectivity index is 0.000000249. The summed E-state index contributed by atoms with van der Waals surface area (Å²) in [7, 11) is 20.1. The molecule has 17 heavy (non-hydrogen) atoms. The van der Waals surface area contributed by atoms with Crippen molar-refractivity contribution in [3.05, 3.63) is 41.4 Å². The topological polar surface area (TPSA) is 13.1 Å². The summed E-state index contributed by atoms with van der Waals surface area (Å²) in [5, 5.41) is 0. The van der Waals surface area contributed by atoms with Crippen LogP contribution in [0.2, 0.25) is 0 Å². The van der Waals surface area contributed by atoms with E-state index in [-0.39, 0.29) is 0 Å². The molecule has 6 heteroatoms. The maximum absolute atomic E-state index is 5.34. The van der Waals surface area contributed by atoms with Crippen molar-refractivity contribution in [1.82, 2.24) is 0 Å². The van der Waals surface area contributed by atoms with Crippen LogP contribution < -0.4 is 0 Å². The molecule has 1 heterocycles. The molecule has 0 saturated carbocycles. The van der Waals surface area contributed by atoms with E-state index < -0.39 is 15.5 Å². The third-order valence-corrected chi connectivity index (χ3v) is 2.21. The fraction of sp³-hybridized carbons (Fsp3) is 0.273. The van der Waals surface area contributed by atoms with Gasteiger partial charge < -0.3 is 4.42 Å². The second-order valence-corrected chi connectivity index (χ2v) is 26.1. The molecular weight excluding hydrogens is 381 g/mol. The molecule has 0 saturated heterocycles. The first-order valence-electron chi connectivity index (χ1n) is 4.94. The summed E-state index contributed by atoms with van der Waals surface area (Å²) in [6, 6.07) is 3.95. The van der Waals surface area contributed by atoms with Crippen molar-refractivity contribution < 1.29 is 19.9 Å². The van der Waals surface area contributed by atoms with Gasteiger partial charge in [-0.15, -0.1) is 0 Å². The number of halogens is 4. The molecule has 0 N–H and O–H groups in total. The summed E-state index contributed by atoms with van der Waals surface area (Å²) < 4.78 is 5.34. The average Bonchev–Trinajstić information content (AvgIpc) is 2.71. The Bertz CT molecular complexity index is 423. The second-order valence-electron chi connectivity index (χ2n) is 3.73. The Morgan fingerprint density at radius 1 is 1.18 bits per heavy atom. The molecule has 0 radical (unpaired) electrons. The van der Waals surface area contributed by atoms with Gasteiger partial charge in [-0.1, -0.05) is 11.6 Å². The molecule has 1 nitrogen and oxygen atoms in total. The van der Waals surface area contributed by atoms with E-state index in [1.54, 1.807) is 6.26 Å². The number of rotatable bonds is 1. The van der Waals surface area contributed by atoms with Crippen molar-refractivity contribution in [2.75, 3.05) is 0 Å². The van der Waals surface area contributed by atoms with E-state index in [9.17, 15) is 0 Å². The minimum absolute atomic E-state index is 1.01. The van der Waals surface area contributed by atoms with Gasteiger partial charge in [-0.25, -0.2) is 0 Å². The van der Waals surface area contributed by atoms with E-state index in [0.29, 0.717) is 0 Å². The Hall–Kier alpha value is 0.803. The standard InChI is InChI=1S/C11H12O.4ClH.Zr/c1-8-6-9(2)10(7-8)11-4-3-5-12-11;;;;;/h3-6H,7H2,1-2H3;4*1H;/q;;;;;+4/p-4. The van der Waals surface area contributed by atoms with Crippen LogP contribution in [0.15, 0.2) is 40.0 Å². The van der Waals surface area contributed by atoms with Gasteiger partial charge in [0, 0.05) is 5.57 Å². The van der Waals surface area contributed by atoms with Crippen LogP contribution in [0.25, 0.3) is 5.57 Å². The van der Waals surface area contributed by atoms with E-state index >= 15 is 0 Å². The SMILES string of the molecule is CC1=CC(C)=C(c2ccco2)C1.[Cl][Zr]([Cl])([Cl])[Cl]. The minimum atomic E-state index is -3.29. The normalized spacial score (nSPS) is 15.5. The molecule has 0 spiro atoms. The first kappa shape index (κ1) is 15.9. The van der Waals surface area contributed by atoms with E-state index in [4.69, 9.17) is 38.5 Å². The summed E-state index contributed by atoms with van der Waals surface area (Å²) in [5.74, 6) is 1.01. The Kier molecular flexibility index (Phi) is 6.36. The van der Waals surface area contributed by atoms with Crippen molar-refractivity contribution in [3.63, 3.8) is 0 Å². The van der Waals surface area contributed by atoms with Gasteiger partial charge in [-0.05, 0) is 38.0 Å². The molecule has 1 aliphatic rings. The van der Waals surface area contributed by atoms with Crippen molar-refractivity contribution >= 4 is 39.6 Å². The van der Waals surface area contributed by atoms with E-state index in [2.05, 4.69) is 19.9 Å². The van der Waals surface area contributed by atoms with Gasteiger partial charge in [0.1, 0.15) is 5.76 Å². The van der Waals surface area contributed by atoms with Crippen LogP contribution in [-0.4, -0.2) is 0 Å². The van der Waals surface area contributed by atoms with Crippen molar-refractivity contribution in [2.24, 2.45) is 0 Å². The van der Waals surface area contributed by atoms with Gasteiger partial charge in [-0.3, -0.25) is 0 Å². The predicted molar refractivity (Wildman–Crippen MR) is 73.1 cm³/mol. The van der Waals surface area contributed by atoms with Crippen LogP contribution in [0.3, 0.4) is 0 Å². The van der Waals surface area contributed by atoms with Crippen LogP contribution in [0.5, 0.6) is 0 Å². The predicted octanol–water partition coefficient (Wildman–Crippen LogP) is 6.16. The molecule has 0 aromatic carbocycles. The Labute approximate surface area is 120 Å². The summed E-state index contributed by atoms with van der Waals surface area (Å²) in [6.45, 7) is 4.29. The van der Waals surface area contributed by atoms with Gasteiger partial charge in [0.15, 0.2) is 0 Å².